The van der Waals surface area contributed by atoms with E-state index in [9.17, 15) is 0 Å². The van der Waals surface area contributed by atoms with Crippen LogP contribution in [0.5, 0.6) is 0 Å². The van der Waals surface area contributed by atoms with Crippen LogP contribution in [0.1, 0.15) is 5.56 Å². The zero-order chi connectivity index (χ0) is 12.4. The Balaban J connectivity index is 2.05. The van der Waals surface area contributed by atoms with E-state index in [1.165, 1.54) is 16.3 Å². The number of nitrogens with zero attached hydrogens (tertiary/aromatic N) is 1. The fraction of sp³-hybridized carbons (Fsp3) is 0.0625. The van der Waals surface area contributed by atoms with Crippen LogP contribution >= 0.6 is 0 Å². The highest BCUT2D eigenvalue weighted by molar-refractivity contribution is 5.95. The summed E-state index contributed by atoms with van der Waals surface area (Å²) in [5.74, 6) is 0.881. The van der Waals surface area contributed by atoms with Crippen molar-refractivity contribution < 1.29 is 0 Å². The first-order valence-corrected chi connectivity index (χ1v) is 6.00. The Bertz CT molecular complexity index is 684. The molecule has 18 heavy (non-hydrogen) atoms. The summed E-state index contributed by atoms with van der Waals surface area (Å²) in [5.41, 5.74) is 2.29. The molecular formula is C16H14N2. The molecular weight excluding hydrogens is 220 g/mol. The van der Waals surface area contributed by atoms with E-state index in [-0.39, 0.29) is 0 Å². The van der Waals surface area contributed by atoms with Gasteiger partial charge < -0.3 is 5.32 Å². The SMILES string of the molecule is Cc1ccnc(Nc2cccc3ccccc23)c1. The van der Waals surface area contributed by atoms with E-state index >= 15 is 0 Å². The van der Waals surface area contributed by atoms with Gasteiger partial charge in [0.05, 0.1) is 0 Å². The second-order valence-corrected chi connectivity index (χ2v) is 4.37. The van der Waals surface area contributed by atoms with Crippen molar-refractivity contribution in [3.63, 3.8) is 0 Å². The van der Waals surface area contributed by atoms with E-state index in [1.54, 1.807) is 0 Å². The molecule has 0 amide bonds. The number of pyridine rings is 1. The van der Waals surface area contributed by atoms with Crippen LogP contribution in [0.25, 0.3) is 10.8 Å². The second kappa shape index (κ2) is 4.49. The molecule has 0 fully saturated rings. The molecule has 2 nitrogen and oxygen atoms in total. The largest absolute Gasteiger partial charge is 0.340 e. The number of hydrogen-bond acceptors (Lipinski definition) is 2. The van der Waals surface area contributed by atoms with E-state index < -0.39 is 0 Å². The summed E-state index contributed by atoms with van der Waals surface area (Å²) in [6, 6.07) is 18.6. The summed E-state index contributed by atoms with van der Waals surface area (Å²) >= 11 is 0. The van der Waals surface area contributed by atoms with Crippen LogP contribution in [0.15, 0.2) is 60.8 Å². The fourth-order valence-electron chi connectivity index (χ4n) is 2.08. The third kappa shape index (κ3) is 2.05. The van der Waals surface area contributed by atoms with Crippen LogP contribution in [0.2, 0.25) is 0 Å². The summed E-state index contributed by atoms with van der Waals surface area (Å²) in [6.07, 6.45) is 1.82. The first kappa shape index (κ1) is 10.8. The highest BCUT2D eigenvalue weighted by Gasteiger charge is 2.01. The van der Waals surface area contributed by atoms with Gasteiger partial charge in [0.15, 0.2) is 0 Å². The number of benzene rings is 2. The smallest absolute Gasteiger partial charge is 0.130 e. The summed E-state index contributed by atoms with van der Waals surface area (Å²) < 4.78 is 0. The van der Waals surface area contributed by atoms with Gasteiger partial charge in [0.25, 0.3) is 0 Å². The van der Waals surface area contributed by atoms with Crippen molar-refractivity contribution in [2.45, 2.75) is 6.92 Å². The van der Waals surface area contributed by atoms with Gasteiger partial charge in [0, 0.05) is 17.3 Å². The van der Waals surface area contributed by atoms with Crippen molar-refractivity contribution in [1.29, 1.82) is 0 Å². The first-order chi connectivity index (χ1) is 8.83. The number of hydrogen-bond donors (Lipinski definition) is 1. The summed E-state index contributed by atoms with van der Waals surface area (Å²) in [4.78, 5) is 4.33. The Morgan fingerprint density at radius 2 is 1.78 bits per heavy atom. The fourth-order valence-corrected chi connectivity index (χ4v) is 2.08. The van der Waals surface area contributed by atoms with E-state index in [2.05, 4.69) is 59.7 Å². The molecule has 0 radical (unpaired) electrons. The van der Waals surface area contributed by atoms with E-state index in [0.717, 1.165) is 11.5 Å². The third-order valence-corrected chi connectivity index (χ3v) is 2.97. The minimum atomic E-state index is 0.881. The lowest BCUT2D eigenvalue weighted by Crippen LogP contribution is -1.94. The van der Waals surface area contributed by atoms with Gasteiger partial charge in [-0.05, 0) is 36.1 Å². The predicted octanol–water partition coefficient (Wildman–Crippen LogP) is 4.29. The molecule has 0 aliphatic carbocycles. The van der Waals surface area contributed by atoms with Crippen LogP contribution in [0.3, 0.4) is 0 Å². The summed E-state index contributed by atoms with van der Waals surface area (Å²) in [7, 11) is 0. The van der Waals surface area contributed by atoms with Gasteiger partial charge in [-0.15, -0.1) is 0 Å². The molecule has 0 bridgehead atoms. The predicted molar refractivity (Wildman–Crippen MR) is 76.2 cm³/mol. The summed E-state index contributed by atoms with van der Waals surface area (Å²) in [5, 5.41) is 5.82. The van der Waals surface area contributed by atoms with Crippen molar-refractivity contribution in [1.82, 2.24) is 4.98 Å². The Kier molecular flexibility index (Phi) is 2.69. The van der Waals surface area contributed by atoms with Crippen LogP contribution in [0, 0.1) is 6.92 Å². The van der Waals surface area contributed by atoms with Crippen LogP contribution in [-0.2, 0) is 0 Å². The van der Waals surface area contributed by atoms with Gasteiger partial charge in [-0.3, -0.25) is 0 Å². The molecule has 0 unspecified atom stereocenters. The van der Waals surface area contributed by atoms with Crippen LogP contribution < -0.4 is 5.32 Å². The molecule has 3 aromatic rings. The maximum atomic E-state index is 4.33. The standard InChI is InChI=1S/C16H14N2/c1-12-9-10-17-16(11-12)18-15-8-4-6-13-5-2-3-7-14(13)15/h2-11H,1H3,(H,17,18). The number of fused-ring (bicyclic) bond motifs is 1. The van der Waals surface area contributed by atoms with Gasteiger partial charge in [-0.25, -0.2) is 4.98 Å². The third-order valence-electron chi connectivity index (χ3n) is 2.97. The Morgan fingerprint density at radius 1 is 0.944 bits per heavy atom. The Morgan fingerprint density at radius 3 is 2.67 bits per heavy atom. The van der Waals surface area contributed by atoms with Gasteiger partial charge in [-0.1, -0.05) is 36.4 Å². The lowest BCUT2D eigenvalue weighted by atomic mass is 10.1. The topological polar surface area (TPSA) is 24.9 Å². The van der Waals surface area contributed by atoms with Gasteiger partial charge >= 0.3 is 0 Å². The maximum absolute atomic E-state index is 4.33. The van der Waals surface area contributed by atoms with E-state index in [1.807, 2.05) is 18.3 Å². The Hall–Kier alpha value is -2.35. The minimum Gasteiger partial charge on any atom is -0.340 e. The quantitative estimate of drug-likeness (QED) is 0.715. The molecule has 0 aliphatic rings. The average Bonchev–Trinajstić information content (AvgIpc) is 2.39. The zero-order valence-electron chi connectivity index (χ0n) is 10.2. The lowest BCUT2D eigenvalue weighted by molar-refractivity contribution is 1.28. The second-order valence-electron chi connectivity index (χ2n) is 4.37. The molecule has 0 atom stereocenters. The molecule has 1 N–H and O–H groups in total. The molecule has 0 saturated carbocycles. The highest BCUT2D eigenvalue weighted by Crippen LogP contribution is 2.25. The minimum absolute atomic E-state index is 0.881. The number of aromatic nitrogens is 1. The molecule has 0 saturated heterocycles. The zero-order valence-corrected chi connectivity index (χ0v) is 10.2. The molecule has 2 aromatic carbocycles. The molecule has 0 aliphatic heterocycles. The molecule has 0 spiro atoms. The van der Waals surface area contributed by atoms with Crippen molar-refractivity contribution in [2.75, 3.05) is 5.32 Å². The highest BCUT2D eigenvalue weighted by atomic mass is 15.0. The van der Waals surface area contributed by atoms with E-state index in [4.69, 9.17) is 0 Å². The molecule has 1 aromatic heterocycles. The van der Waals surface area contributed by atoms with Gasteiger partial charge in [-0.2, -0.15) is 0 Å². The molecule has 2 heteroatoms. The number of anilines is 2. The van der Waals surface area contributed by atoms with E-state index in [0.29, 0.717) is 0 Å². The van der Waals surface area contributed by atoms with Crippen LogP contribution in [-0.4, -0.2) is 4.98 Å². The van der Waals surface area contributed by atoms with Gasteiger partial charge in [0.2, 0.25) is 0 Å². The first-order valence-electron chi connectivity index (χ1n) is 6.00. The number of nitrogens with one attached hydrogen (secondary N) is 1. The lowest BCUT2D eigenvalue weighted by Gasteiger charge is -2.09. The molecule has 1 heterocycles. The normalized spacial score (nSPS) is 10.5. The monoisotopic (exact) mass is 234 g/mol. The van der Waals surface area contributed by atoms with Crippen LogP contribution in [0.4, 0.5) is 11.5 Å². The van der Waals surface area contributed by atoms with Gasteiger partial charge in [0.1, 0.15) is 5.82 Å². The van der Waals surface area contributed by atoms with Crippen molar-refractivity contribution in [2.24, 2.45) is 0 Å². The number of rotatable bonds is 2. The number of aryl methyl sites for hydroxylation is 1. The van der Waals surface area contributed by atoms with Crippen molar-refractivity contribution in [3.05, 3.63) is 66.4 Å². The van der Waals surface area contributed by atoms with Crippen molar-refractivity contribution in [3.8, 4) is 0 Å². The summed E-state index contributed by atoms with van der Waals surface area (Å²) in [6.45, 7) is 2.07. The average molecular weight is 234 g/mol. The molecule has 3 rings (SSSR count). The molecule has 88 valence electrons. The maximum Gasteiger partial charge on any atom is 0.130 e. The Labute approximate surface area is 106 Å². The van der Waals surface area contributed by atoms with Crippen molar-refractivity contribution >= 4 is 22.3 Å².